The quantitative estimate of drug-likeness (QED) is 0.0479. The Morgan fingerprint density at radius 1 is 0.730 bits per heavy atom. The van der Waals surface area contributed by atoms with Crippen LogP contribution in [-0.2, 0) is 33.4 Å². The average molecular weight is 533 g/mol. The predicted molar refractivity (Wildman–Crippen MR) is 136 cm³/mol. The zero-order valence-electron chi connectivity index (χ0n) is 22.5. The number of carboxylic acid groups (broad SMARTS) is 1. The van der Waals surface area contributed by atoms with Crippen LogP contribution in [0.25, 0.3) is 0 Å². The topological polar surface area (TPSA) is 157 Å². The molecule has 0 aliphatic rings. The second kappa shape index (κ2) is 23.0. The summed E-state index contributed by atoms with van der Waals surface area (Å²) in [5, 5.41) is 28.4. The molecule has 0 aromatic rings. The molecule has 0 aromatic carbocycles. The van der Waals surface area contributed by atoms with Gasteiger partial charge in [-0.05, 0) is 6.42 Å². The fraction of sp³-hybridized carbons (Fsp3) is 0.852. The first-order valence-electron chi connectivity index (χ1n) is 13.8. The number of esters is 2. The van der Waals surface area contributed by atoms with Crippen molar-refractivity contribution in [2.45, 2.75) is 134 Å². The van der Waals surface area contributed by atoms with Crippen molar-refractivity contribution >= 4 is 24.4 Å². The number of rotatable bonds is 26. The first kappa shape index (κ1) is 34.8. The van der Waals surface area contributed by atoms with Crippen molar-refractivity contribution in [1.82, 2.24) is 0 Å². The number of ether oxygens (including phenoxy) is 3. The van der Waals surface area contributed by atoms with Gasteiger partial charge in [0.1, 0.15) is 32.2 Å². The van der Waals surface area contributed by atoms with E-state index < -0.39 is 49.2 Å². The van der Waals surface area contributed by atoms with Crippen LogP contribution in [0.15, 0.2) is 0 Å². The van der Waals surface area contributed by atoms with Crippen molar-refractivity contribution in [2.24, 2.45) is 0 Å². The molecule has 0 rings (SSSR count). The Hall–Kier alpha value is -2.20. The zero-order valence-corrected chi connectivity index (χ0v) is 22.5. The molecule has 2 unspecified atom stereocenters. The van der Waals surface area contributed by atoms with Crippen molar-refractivity contribution in [3.05, 3.63) is 0 Å². The van der Waals surface area contributed by atoms with Gasteiger partial charge in [0.15, 0.2) is 0 Å². The van der Waals surface area contributed by atoms with Crippen LogP contribution in [0.4, 0.5) is 0 Å². The number of aliphatic hydroxyl groups excluding tert-OH is 1. The first-order chi connectivity index (χ1) is 17.7. The Balaban J connectivity index is 3.67. The molecule has 10 heteroatoms. The molecule has 0 aromatic heterocycles. The minimum atomic E-state index is -2.55. The molecule has 0 aliphatic carbocycles. The Morgan fingerprint density at radius 2 is 1.16 bits per heavy atom. The molecule has 0 spiro atoms. The average Bonchev–Trinajstić information content (AvgIpc) is 2.83. The third-order valence-electron chi connectivity index (χ3n) is 5.97. The van der Waals surface area contributed by atoms with Gasteiger partial charge in [-0.25, -0.2) is 0 Å². The summed E-state index contributed by atoms with van der Waals surface area (Å²) in [5.41, 5.74) is 0. The predicted octanol–water partition coefficient (Wildman–Crippen LogP) is 4.42. The highest BCUT2D eigenvalue weighted by atomic mass is 16.6. The number of hydrogen-bond donors (Lipinski definition) is 3. The summed E-state index contributed by atoms with van der Waals surface area (Å²) in [5.74, 6) is -5.57. The second-order valence-electron chi connectivity index (χ2n) is 9.63. The van der Waals surface area contributed by atoms with E-state index in [1.54, 1.807) is 0 Å². The molecule has 216 valence electrons. The van der Waals surface area contributed by atoms with Gasteiger partial charge in [0.25, 0.3) is 6.47 Å². The maximum Gasteiger partial charge on any atom is 0.312 e. The monoisotopic (exact) mass is 532 g/mol. The fourth-order valence-electron chi connectivity index (χ4n) is 3.89. The van der Waals surface area contributed by atoms with Crippen LogP contribution in [0, 0.1) is 0 Å². The number of carbonyl (C=O) groups excluding carboxylic acids is 3. The molecule has 0 saturated carbocycles. The summed E-state index contributed by atoms with van der Waals surface area (Å²) in [6, 6.07) is 0. The standard InChI is InChI=1S/C27H48O10/c1-2-3-4-5-6-7-8-9-10-11-12-13-14-15-16-17-25(32)35-20-23(29)21-36-26(33)19-27(34,37-22-28)18-24(30)31/h22-23,29,34H,2-21H2,1H3,(H,30,31). The zero-order chi connectivity index (χ0) is 27.8. The first-order valence-corrected chi connectivity index (χ1v) is 13.8. The van der Waals surface area contributed by atoms with Gasteiger partial charge in [0.2, 0.25) is 5.79 Å². The highest BCUT2D eigenvalue weighted by Gasteiger charge is 2.36. The molecule has 0 heterocycles. The van der Waals surface area contributed by atoms with E-state index >= 15 is 0 Å². The Morgan fingerprint density at radius 3 is 1.59 bits per heavy atom. The van der Waals surface area contributed by atoms with Gasteiger partial charge in [0, 0.05) is 6.42 Å². The van der Waals surface area contributed by atoms with E-state index in [1.807, 2.05) is 0 Å². The van der Waals surface area contributed by atoms with Crippen LogP contribution in [0.3, 0.4) is 0 Å². The Kier molecular flexibility index (Phi) is 21.6. The van der Waals surface area contributed by atoms with Crippen molar-refractivity contribution in [3.8, 4) is 0 Å². The van der Waals surface area contributed by atoms with E-state index in [1.165, 1.54) is 70.6 Å². The van der Waals surface area contributed by atoms with Crippen molar-refractivity contribution in [2.75, 3.05) is 13.2 Å². The van der Waals surface area contributed by atoms with Crippen molar-refractivity contribution in [1.29, 1.82) is 0 Å². The largest absolute Gasteiger partial charge is 0.481 e. The molecule has 3 N–H and O–H groups in total. The molecule has 37 heavy (non-hydrogen) atoms. The number of carboxylic acids is 1. The van der Waals surface area contributed by atoms with Crippen LogP contribution in [0.5, 0.6) is 0 Å². The molecule has 0 aliphatic heterocycles. The molecular formula is C27H48O10. The molecule has 0 amide bonds. The summed E-state index contributed by atoms with van der Waals surface area (Å²) in [4.78, 5) is 44.7. The molecule has 2 atom stereocenters. The lowest BCUT2D eigenvalue weighted by Crippen LogP contribution is -2.38. The number of aliphatic hydroxyl groups is 2. The third kappa shape index (κ3) is 22.7. The molecular weight excluding hydrogens is 484 g/mol. The lowest BCUT2D eigenvalue weighted by molar-refractivity contribution is -0.210. The van der Waals surface area contributed by atoms with Crippen LogP contribution in [0.2, 0.25) is 0 Å². The minimum Gasteiger partial charge on any atom is -0.481 e. The maximum absolute atomic E-state index is 11.8. The van der Waals surface area contributed by atoms with Gasteiger partial charge in [-0.2, -0.15) is 0 Å². The number of unbranched alkanes of at least 4 members (excludes halogenated alkanes) is 14. The molecule has 0 fully saturated rings. The van der Waals surface area contributed by atoms with Gasteiger partial charge in [-0.3, -0.25) is 19.2 Å². The number of aliphatic carboxylic acids is 1. The van der Waals surface area contributed by atoms with Crippen molar-refractivity contribution in [3.63, 3.8) is 0 Å². The highest BCUT2D eigenvalue weighted by molar-refractivity contribution is 5.74. The van der Waals surface area contributed by atoms with Gasteiger partial charge in [-0.15, -0.1) is 0 Å². The smallest absolute Gasteiger partial charge is 0.312 e. The Bertz CT molecular complexity index is 624. The summed E-state index contributed by atoms with van der Waals surface area (Å²) < 4.78 is 14.0. The van der Waals surface area contributed by atoms with Crippen LogP contribution >= 0.6 is 0 Å². The molecule has 0 bridgehead atoms. The van der Waals surface area contributed by atoms with E-state index in [0.29, 0.717) is 6.42 Å². The van der Waals surface area contributed by atoms with E-state index in [2.05, 4.69) is 11.7 Å². The number of carbonyl (C=O) groups is 4. The third-order valence-corrected chi connectivity index (χ3v) is 5.97. The van der Waals surface area contributed by atoms with E-state index in [0.717, 1.165) is 19.3 Å². The van der Waals surface area contributed by atoms with Gasteiger partial charge in [-0.1, -0.05) is 96.8 Å². The molecule has 10 nitrogen and oxygen atoms in total. The van der Waals surface area contributed by atoms with Crippen LogP contribution < -0.4 is 0 Å². The minimum absolute atomic E-state index is 0.177. The fourth-order valence-corrected chi connectivity index (χ4v) is 3.89. The van der Waals surface area contributed by atoms with E-state index in [-0.39, 0.29) is 19.5 Å². The van der Waals surface area contributed by atoms with Crippen molar-refractivity contribution < 1.29 is 48.7 Å². The van der Waals surface area contributed by atoms with Gasteiger partial charge >= 0.3 is 17.9 Å². The lowest BCUT2D eigenvalue weighted by Gasteiger charge is -2.23. The SMILES string of the molecule is CCCCCCCCCCCCCCCCCC(=O)OCC(O)COC(=O)CC(O)(CC(=O)O)OC=O. The van der Waals surface area contributed by atoms with Crippen LogP contribution in [-0.4, -0.2) is 64.8 Å². The lowest BCUT2D eigenvalue weighted by atomic mass is 10.0. The van der Waals surface area contributed by atoms with Crippen LogP contribution in [0.1, 0.15) is 122 Å². The highest BCUT2D eigenvalue weighted by Crippen LogP contribution is 2.18. The summed E-state index contributed by atoms with van der Waals surface area (Å²) >= 11 is 0. The van der Waals surface area contributed by atoms with E-state index in [9.17, 15) is 29.4 Å². The maximum atomic E-state index is 11.8. The Labute approximate surface area is 221 Å². The molecule has 0 radical (unpaired) electrons. The van der Waals surface area contributed by atoms with Gasteiger partial charge < -0.3 is 29.5 Å². The van der Waals surface area contributed by atoms with Gasteiger partial charge in [0.05, 0.1) is 0 Å². The summed E-state index contributed by atoms with van der Waals surface area (Å²) in [6.07, 6.45) is 15.5. The number of hydrogen-bond acceptors (Lipinski definition) is 9. The summed E-state index contributed by atoms with van der Waals surface area (Å²) in [7, 11) is 0. The molecule has 0 saturated heterocycles. The normalized spacial score (nSPS) is 13.4. The second-order valence-corrected chi connectivity index (χ2v) is 9.63. The van der Waals surface area contributed by atoms with E-state index in [4.69, 9.17) is 14.6 Å². The summed E-state index contributed by atoms with van der Waals surface area (Å²) in [6.45, 7) is 1.17.